The van der Waals surface area contributed by atoms with Crippen molar-refractivity contribution in [3.8, 4) is 0 Å². The Labute approximate surface area is 168 Å². The van der Waals surface area contributed by atoms with Gasteiger partial charge in [0, 0.05) is 16.3 Å². The van der Waals surface area contributed by atoms with E-state index >= 15 is 0 Å². The van der Waals surface area contributed by atoms with Crippen molar-refractivity contribution in [1.82, 2.24) is 4.90 Å². The quantitative estimate of drug-likeness (QED) is 0.708. The molecule has 0 N–H and O–H groups in total. The minimum atomic E-state index is -3.30. The van der Waals surface area contributed by atoms with E-state index in [1.165, 1.54) is 17.0 Å². The fraction of sp³-hybridized carbons (Fsp3) is 0.350. The fourth-order valence-electron chi connectivity index (χ4n) is 4.21. The number of aryl methyl sites for hydroxylation is 2. The molecule has 2 saturated heterocycles. The van der Waals surface area contributed by atoms with Crippen LogP contribution in [-0.2, 0) is 16.4 Å². The first kappa shape index (κ1) is 19.2. The monoisotopic (exact) mass is 422 g/mol. The van der Waals surface area contributed by atoms with E-state index in [2.05, 4.69) is 0 Å². The second kappa shape index (κ2) is 6.74. The van der Waals surface area contributed by atoms with Gasteiger partial charge in [-0.3, -0.25) is 4.90 Å². The molecule has 2 aromatic rings. The van der Waals surface area contributed by atoms with Crippen molar-refractivity contribution in [2.75, 3.05) is 16.4 Å². The van der Waals surface area contributed by atoms with Crippen LogP contribution in [-0.4, -0.2) is 42.9 Å². The summed E-state index contributed by atoms with van der Waals surface area (Å²) >= 11 is 6.14. The summed E-state index contributed by atoms with van der Waals surface area (Å²) in [7, 11) is -3.30. The minimum Gasteiger partial charge on any atom is -0.314 e. The molecule has 0 spiro atoms. The third-order valence-electron chi connectivity index (χ3n) is 5.35. The molecule has 8 heteroatoms. The molecule has 28 heavy (non-hydrogen) atoms. The zero-order valence-corrected chi connectivity index (χ0v) is 17.1. The summed E-state index contributed by atoms with van der Waals surface area (Å²) in [6.45, 7) is 3.79. The molecule has 2 atom stereocenters. The van der Waals surface area contributed by atoms with Crippen LogP contribution in [0.1, 0.15) is 16.7 Å². The highest BCUT2D eigenvalue weighted by Gasteiger charge is 2.54. The van der Waals surface area contributed by atoms with Crippen LogP contribution in [0, 0.1) is 19.7 Å². The van der Waals surface area contributed by atoms with Crippen LogP contribution >= 0.6 is 11.6 Å². The van der Waals surface area contributed by atoms with Crippen molar-refractivity contribution < 1.29 is 17.6 Å². The van der Waals surface area contributed by atoms with E-state index in [1.54, 1.807) is 11.0 Å². The van der Waals surface area contributed by atoms with Gasteiger partial charge in [0.1, 0.15) is 5.82 Å². The lowest BCUT2D eigenvalue weighted by atomic mass is 10.1. The molecule has 2 aliphatic rings. The SMILES string of the molecule is Cc1cc(C)cc(N2C(=O)N(Cc3c(F)cccc3Cl)[C@@H]3CS(=O)(=O)C[C@@H]32)c1. The van der Waals surface area contributed by atoms with E-state index in [-0.39, 0.29) is 34.7 Å². The molecule has 2 amide bonds. The molecular formula is C20H20ClFN2O3S. The van der Waals surface area contributed by atoms with Crippen molar-refractivity contribution in [2.24, 2.45) is 0 Å². The molecule has 2 fully saturated rings. The van der Waals surface area contributed by atoms with Gasteiger partial charge in [0.15, 0.2) is 9.84 Å². The lowest BCUT2D eigenvalue weighted by Gasteiger charge is -2.23. The Morgan fingerprint density at radius 1 is 1.11 bits per heavy atom. The number of carbonyl (C=O) groups excluding carboxylic acids is 1. The summed E-state index contributed by atoms with van der Waals surface area (Å²) in [6, 6.07) is 8.71. The lowest BCUT2D eigenvalue weighted by Crippen LogP contribution is -2.37. The highest BCUT2D eigenvalue weighted by molar-refractivity contribution is 7.91. The van der Waals surface area contributed by atoms with Crippen LogP contribution < -0.4 is 4.90 Å². The van der Waals surface area contributed by atoms with Crippen LogP contribution in [0.2, 0.25) is 5.02 Å². The van der Waals surface area contributed by atoms with Crippen molar-refractivity contribution in [3.05, 3.63) is 63.9 Å². The van der Waals surface area contributed by atoms with Gasteiger partial charge in [0.25, 0.3) is 0 Å². The number of fused-ring (bicyclic) bond motifs is 1. The number of sulfone groups is 1. The molecule has 2 aliphatic heterocycles. The van der Waals surface area contributed by atoms with Gasteiger partial charge in [-0.1, -0.05) is 23.7 Å². The average molecular weight is 423 g/mol. The predicted molar refractivity (Wildman–Crippen MR) is 107 cm³/mol. The fourth-order valence-corrected chi connectivity index (χ4v) is 6.38. The highest BCUT2D eigenvalue weighted by Crippen LogP contribution is 2.37. The standard InChI is InChI=1S/C20H20ClFN2O3S/c1-12-6-13(2)8-14(7-12)24-19-11-28(26,27)10-18(19)23(20(24)25)9-15-16(21)4-3-5-17(15)22/h3-8,18-19H,9-11H2,1-2H3/t18-,19+/m1/s1. The van der Waals surface area contributed by atoms with E-state index in [4.69, 9.17) is 11.6 Å². The van der Waals surface area contributed by atoms with E-state index in [0.717, 1.165) is 11.1 Å². The highest BCUT2D eigenvalue weighted by atomic mass is 35.5. The molecule has 4 rings (SSSR count). The van der Waals surface area contributed by atoms with Gasteiger partial charge in [-0.25, -0.2) is 17.6 Å². The first-order chi connectivity index (χ1) is 13.2. The van der Waals surface area contributed by atoms with Gasteiger partial charge in [-0.15, -0.1) is 0 Å². The summed E-state index contributed by atoms with van der Waals surface area (Å²) in [5, 5.41) is 0.218. The summed E-state index contributed by atoms with van der Waals surface area (Å²) in [4.78, 5) is 16.3. The molecule has 148 valence electrons. The number of rotatable bonds is 3. The molecule has 0 bridgehead atoms. The Morgan fingerprint density at radius 3 is 2.39 bits per heavy atom. The molecule has 0 aromatic heterocycles. The van der Waals surface area contributed by atoms with Crippen LogP contribution in [0.3, 0.4) is 0 Å². The number of hydrogen-bond donors (Lipinski definition) is 0. The number of hydrogen-bond acceptors (Lipinski definition) is 3. The summed E-state index contributed by atoms with van der Waals surface area (Å²) in [5.41, 5.74) is 2.83. The van der Waals surface area contributed by atoms with E-state index < -0.39 is 27.7 Å². The van der Waals surface area contributed by atoms with Crippen molar-refractivity contribution >= 4 is 33.2 Å². The lowest BCUT2D eigenvalue weighted by molar-refractivity contribution is 0.205. The average Bonchev–Trinajstić information content (AvgIpc) is 3.00. The summed E-state index contributed by atoms with van der Waals surface area (Å²) in [6.07, 6.45) is 0. The molecule has 2 heterocycles. The largest absolute Gasteiger partial charge is 0.325 e. The maximum absolute atomic E-state index is 14.3. The number of anilines is 1. The molecule has 0 unspecified atom stereocenters. The first-order valence-electron chi connectivity index (χ1n) is 8.98. The summed E-state index contributed by atoms with van der Waals surface area (Å²) < 4.78 is 39.0. The third kappa shape index (κ3) is 3.26. The van der Waals surface area contributed by atoms with Crippen LogP contribution in [0.15, 0.2) is 36.4 Å². The van der Waals surface area contributed by atoms with Gasteiger partial charge in [-0.05, 0) is 49.2 Å². The third-order valence-corrected chi connectivity index (χ3v) is 7.40. The molecular weight excluding hydrogens is 403 g/mol. The van der Waals surface area contributed by atoms with Crippen molar-refractivity contribution in [1.29, 1.82) is 0 Å². The number of carbonyl (C=O) groups is 1. The molecule has 5 nitrogen and oxygen atoms in total. The maximum atomic E-state index is 14.3. The second-order valence-corrected chi connectivity index (χ2v) is 10.1. The van der Waals surface area contributed by atoms with E-state index in [0.29, 0.717) is 5.69 Å². The predicted octanol–water partition coefficient (Wildman–Crippen LogP) is 3.70. The Hall–Kier alpha value is -2.12. The Morgan fingerprint density at radius 2 is 1.75 bits per heavy atom. The van der Waals surface area contributed by atoms with Crippen LogP contribution in [0.5, 0.6) is 0 Å². The van der Waals surface area contributed by atoms with Gasteiger partial charge in [0.2, 0.25) is 0 Å². The topological polar surface area (TPSA) is 57.7 Å². The van der Waals surface area contributed by atoms with Gasteiger partial charge < -0.3 is 4.90 Å². The normalized spacial score (nSPS) is 23.4. The number of amides is 2. The van der Waals surface area contributed by atoms with Gasteiger partial charge >= 0.3 is 6.03 Å². The number of halogens is 2. The Balaban J connectivity index is 1.77. The minimum absolute atomic E-state index is 0.0671. The number of nitrogens with zero attached hydrogens (tertiary/aromatic N) is 2. The Bertz CT molecular complexity index is 1030. The second-order valence-electron chi connectivity index (χ2n) is 7.54. The molecule has 2 aromatic carbocycles. The molecule has 0 radical (unpaired) electrons. The smallest absolute Gasteiger partial charge is 0.314 e. The summed E-state index contributed by atoms with van der Waals surface area (Å²) in [5.74, 6) is -0.739. The zero-order valence-electron chi connectivity index (χ0n) is 15.5. The van der Waals surface area contributed by atoms with E-state index in [1.807, 2.05) is 32.0 Å². The van der Waals surface area contributed by atoms with E-state index in [9.17, 15) is 17.6 Å². The molecule has 0 saturated carbocycles. The Kier molecular flexibility index (Phi) is 4.62. The van der Waals surface area contributed by atoms with Crippen molar-refractivity contribution in [2.45, 2.75) is 32.5 Å². The van der Waals surface area contributed by atoms with Crippen LogP contribution in [0.4, 0.5) is 14.9 Å². The van der Waals surface area contributed by atoms with Gasteiger partial charge in [-0.2, -0.15) is 0 Å². The zero-order chi connectivity index (χ0) is 20.2. The maximum Gasteiger partial charge on any atom is 0.325 e. The molecule has 0 aliphatic carbocycles. The van der Waals surface area contributed by atoms with Crippen molar-refractivity contribution in [3.63, 3.8) is 0 Å². The van der Waals surface area contributed by atoms with Gasteiger partial charge in [0.05, 0.1) is 30.1 Å². The first-order valence-corrected chi connectivity index (χ1v) is 11.2. The number of benzene rings is 2. The number of urea groups is 1. The van der Waals surface area contributed by atoms with Crippen LogP contribution in [0.25, 0.3) is 0 Å².